The Morgan fingerprint density at radius 1 is 1.11 bits per heavy atom. The highest BCUT2D eigenvalue weighted by Crippen LogP contribution is 2.22. The monoisotopic (exact) mass is 275 g/mol. The Labute approximate surface area is 113 Å². The Hall–Kier alpha value is -1.58. The Kier molecular flexibility index (Phi) is 2.94. The first-order chi connectivity index (χ1) is 8.74. The summed E-state index contributed by atoms with van der Waals surface area (Å²) in [4.78, 5) is 12.0. The lowest BCUT2D eigenvalue weighted by molar-refractivity contribution is 0.816. The van der Waals surface area contributed by atoms with Gasteiger partial charge in [0.2, 0.25) is 0 Å². The Morgan fingerprint density at radius 2 is 1.89 bits per heavy atom. The Balaban J connectivity index is 2.12. The van der Waals surface area contributed by atoms with Gasteiger partial charge in [0.05, 0.1) is 16.8 Å². The van der Waals surface area contributed by atoms with Gasteiger partial charge in [-0.25, -0.2) is 0 Å². The standard InChI is InChI=1S/C14H10ClNOS/c15-11-6-7-12-13(8-11)18-14(17)16(12)9-10-4-2-1-3-5-10/h1-8H,9H2. The van der Waals surface area contributed by atoms with E-state index in [0.29, 0.717) is 11.6 Å². The normalized spacial score (nSPS) is 10.9. The fraction of sp³-hybridized carbons (Fsp3) is 0.0714. The number of fused-ring (bicyclic) bond motifs is 1. The molecule has 0 aliphatic carbocycles. The first-order valence-corrected chi connectivity index (χ1v) is 6.76. The lowest BCUT2D eigenvalue weighted by Crippen LogP contribution is -2.13. The summed E-state index contributed by atoms with van der Waals surface area (Å²) >= 11 is 7.17. The molecule has 2 aromatic carbocycles. The molecule has 2 nitrogen and oxygen atoms in total. The summed E-state index contributed by atoms with van der Waals surface area (Å²) in [5, 5.41) is 0.663. The highest BCUT2D eigenvalue weighted by molar-refractivity contribution is 7.16. The van der Waals surface area contributed by atoms with Crippen LogP contribution in [0.4, 0.5) is 0 Å². The van der Waals surface area contributed by atoms with Crippen molar-refractivity contribution in [3.05, 3.63) is 68.8 Å². The zero-order chi connectivity index (χ0) is 12.5. The molecule has 0 saturated carbocycles. The van der Waals surface area contributed by atoms with E-state index < -0.39 is 0 Å². The molecule has 1 heterocycles. The number of thiazole rings is 1. The minimum absolute atomic E-state index is 0.0520. The second-order valence-electron chi connectivity index (χ2n) is 4.05. The van der Waals surface area contributed by atoms with Crippen LogP contribution in [0, 0.1) is 0 Å². The summed E-state index contributed by atoms with van der Waals surface area (Å²) < 4.78 is 2.72. The summed E-state index contributed by atoms with van der Waals surface area (Å²) in [5.41, 5.74) is 2.06. The van der Waals surface area contributed by atoms with Crippen LogP contribution in [0.1, 0.15) is 5.56 Å². The molecule has 18 heavy (non-hydrogen) atoms. The number of benzene rings is 2. The van der Waals surface area contributed by atoms with E-state index >= 15 is 0 Å². The molecule has 3 rings (SSSR count). The van der Waals surface area contributed by atoms with Crippen molar-refractivity contribution >= 4 is 33.2 Å². The van der Waals surface area contributed by atoms with Gasteiger partial charge in [0.15, 0.2) is 0 Å². The minimum atomic E-state index is 0.0520. The average molecular weight is 276 g/mol. The molecule has 90 valence electrons. The second-order valence-corrected chi connectivity index (χ2v) is 5.48. The largest absolute Gasteiger partial charge is 0.308 e. The van der Waals surface area contributed by atoms with E-state index in [2.05, 4.69) is 0 Å². The third-order valence-corrected chi connectivity index (χ3v) is 3.99. The van der Waals surface area contributed by atoms with Crippen LogP contribution < -0.4 is 4.87 Å². The fourth-order valence-corrected chi connectivity index (χ4v) is 3.12. The van der Waals surface area contributed by atoms with Gasteiger partial charge in [-0.15, -0.1) is 0 Å². The van der Waals surface area contributed by atoms with E-state index in [1.54, 1.807) is 4.57 Å². The summed E-state index contributed by atoms with van der Waals surface area (Å²) in [6.45, 7) is 0.599. The highest BCUT2D eigenvalue weighted by atomic mass is 35.5. The topological polar surface area (TPSA) is 22.0 Å². The molecule has 0 bridgehead atoms. The predicted octanol–water partition coefficient (Wildman–Crippen LogP) is 3.76. The van der Waals surface area contributed by atoms with Crippen molar-refractivity contribution in [1.82, 2.24) is 4.57 Å². The number of rotatable bonds is 2. The van der Waals surface area contributed by atoms with Gasteiger partial charge in [-0.3, -0.25) is 9.36 Å². The molecule has 0 atom stereocenters. The SMILES string of the molecule is O=c1sc2cc(Cl)ccc2n1Cc1ccccc1. The maximum Gasteiger partial charge on any atom is 0.308 e. The van der Waals surface area contributed by atoms with E-state index in [1.807, 2.05) is 48.5 Å². The van der Waals surface area contributed by atoms with Gasteiger partial charge in [0.1, 0.15) is 0 Å². The van der Waals surface area contributed by atoms with Gasteiger partial charge in [0.25, 0.3) is 0 Å². The number of aromatic nitrogens is 1. The van der Waals surface area contributed by atoms with E-state index in [1.165, 1.54) is 11.3 Å². The van der Waals surface area contributed by atoms with Crippen molar-refractivity contribution in [3.63, 3.8) is 0 Å². The molecule has 0 aliphatic heterocycles. The number of hydrogen-bond acceptors (Lipinski definition) is 2. The Bertz CT molecular complexity index is 745. The van der Waals surface area contributed by atoms with Crippen molar-refractivity contribution in [1.29, 1.82) is 0 Å². The van der Waals surface area contributed by atoms with Gasteiger partial charge in [-0.2, -0.15) is 0 Å². The van der Waals surface area contributed by atoms with Gasteiger partial charge in [-0.05, 0) is 23.8 Å². The van der Waals surface area contributed by atoms with Crippen molar-refractivity contribution < 1.29 is 0 Å². The van der Waals surface area contributed by atoms with Crippen LogP contribution in [0.15, 0.2) is 53.3 Å². The molecule has 3 aromatic rings. The third-order valence-electron chi connectivity index (χ3n) is 2.81. The molecule has 0 fully saturated rings. The molecular weight excluding hydrogens is 266 g/mol. The lowest BCUT2D eigenvalue weighted by Gasteiger charge is -2.03. The van der Waals surface area contributed by atoms with Gasteiger partial charge < -0.3 is 0 Å². The van der Waals surface area contributed by atoms with E-state index in [0.717, 1.165) is 15.8 Å². The molecule has 0 radical (unpaired) electrons. The Morgan fingerprint density at radius 3 is 2.67 bits per heavy atom. The van der Waals surface area contributed by atoms with Crippen LogP contribution >= 0.6 is 22.9 Å². The van der Waals surface area contributed by atoms with Crippen LogP contribution in [0.2, 0.25) is 5.02 Å². The molecule has 0 unspecified atom stereocenters. The summed E-state index contributed by atoms with van der Waals surface area (Å²) in [6.07, 6.45) is 0. The maximum atomic E-state index is 12.0. The fourth-order valence-electron chi connectivity index (χ4n) is 1.96. The van der Waals surface area contributed by atoms with Crippen molar-refractivity contribution in [2.45, 2.75) is 6.54 Å². The first kappa shape index (κ1) is 11.5. The molecule has 0 spiro atoms. The molecule has 1 aromatic heterocycles. The number of nitrogens with zero attached hydrogens (tertiary/aromatic N) is 1. The lowest BCUT2D eigenvalue weighted by atomic mass is 10.2. The molecule has 0 saturated heterocycles. The smallest absolute Gasteiger partial charge is 0.294 e. The van der Waals surface area contributed by atoms with Gasteiger partial charge >= 0.3 is 4.87 Å². The van der Waals surface area contributed by atoms with Crippen LogP contribution in [0.25, 0.3) is 10.2 Å². The maximum absolute atomic E-state index is 12.0. The van der Waals surface area contributed by atoms with Crippen molar-refractivity contribution in [2.75, 3.05) is 0 Å². The summed E-state index contributed by atoms with van der Waals surface area (Å²) in [6, 6.07) is 15.5. The summed E-state index contributed by atoms with van der Waals surface area (Å²) in [5.74, 6) is 0. The number of hydrogen-bond donors (Lipinski definition) is 0. The second kappa shape index (κ2) is 4.59. The molecule has 0 amide bonds. The van der Waals surface area contributed by atoms with Gasteiger partial charge in [0, 0.05) is 5.02 Å². The van der Waals surface area contributed by atoms with Crippen LogP contribution in [-0.4, -0.2) is 4.57 Å². The van der Waals surface area contributed by atoms with Crippen molar-refractivity contribution in [2.24, 2.45) is 0 Å². The van der Waals surface area contributed by atoms with E-state index in [9.17, 15) is 4.79 Å². The van der Waals surface area contributed by atoms with E-state index in [4.69, 9.17) is 11.6 Å². The average Bonchev–Trinajstić information content (AvgIpc) is 2.66. The predicted molar refractivity (Wildman–Crippen MR) is 76.6 cm³/mol. The van der Waals surface area contributed by atoms with Crippen molar-refractivity contribution in [3.8, 4) is 0 Å². The third kappa shape index (κ3) is 2.07. The van der Waals surface area contributed by atoms with E-state index in [-0.39, 0.29) is 4.87 Å². The quantitative estimate of drug-likeness (QED) is 0.698. The zero-order valence-electron chi connectivity index (χ0n) is 9.47. The van der Waals surface area contributed by atoms with Crippen LogP contribution in [0.3, 0.4) is 0 Å². The molecule has 4 heteroatoms. The van der Waals surface area contributed by atoms with Gasteiger partial charge in [-0.1, -0.05) is 53.3 Å². The first-order valence-electron chi connectivity index (χ1n) is 5.57. The zero-order valence-corrected chi connectivity index (χ0v) is 11.0. The molecule has 0 aliphatic rings. The summed E-state index contributed by atoms with van der Waals surface area (Å²) in [7, 11) is 0. The molecule has 0 N–H and O–H groups in total. The highest BCUT2D eigenvalue weighted by Gasteiger charge is 2.08. The minimum Gasteiger partial charge on any atom is -0.294 e. The number of halogens is 1. The van der Waals surface area contributed by atoms with Crippen LogP contribution in [0.5, 0.6) is 0 Å². The van der Waals surface area contributed by atoms with Crippen LogP contribution in [-0.2, 0) is 6.54 Å². The molecular formula is C14H10ClNOS.